The van der Waals surface area contributed by atoms with Crippen LogP contribution in [0.5, 0.6) is 0 Å². The van der Waals surface area contributed by atoms with Gasteiger partial charge >= 0.3 is 0 Å². The molecule has 2 aliphatic rings. The van der Waals surface area contributed by atoms with Crippen LogP contribution in [0.2, 0.25) is 0 Å². The van der Waals surface area contributed by atoms with Crippen molar-refractivity contribution in [1.82, 2.24) is 35.0 Å². The maximum absolute atomic E-state index is 13.5. The van der Waals surface area contributed by atoms with E-state index in [0.29, 0.717) is 17.9 Å². The number of fused-ring (bicyclic) bond motifs is 1. The average Bonchev–Trinajstić information content (AvgIpc) is 3.59. The van der Waals surface area contributed by atoms with E-state index >= 15 is 0 Å². The number of aryl methyl sites for hydroxylation is 1. The Morgan fingerprint density at radius 3 is 2.70 bits per heavy atom. The van der Waals surface area contributed by atoms with Crippen LogP contribution < -0.4 is 5.56 Å². The van der Waals surface area contributed by atoms with Crippen molar-refractivity contribution >= 4 is 10.9 Å². The maximum Gasteiger partial charge on any atom is 0.253 e. The summed E-state index contributed by atoms with van der Waals surface area (Å²) in [4.78, 5) is 21.4. The molecule has 4 aromatic rings. The number of H-pyrrole nitrogens is 1. The normalized spacial score (nSPS) is 20.0. The summed E-state index contributed by atoms with van der Waals surface area (Å²) in [5.74, 6) is 0.699. The number of aromatic nitrogens is 5. The highest BCUT2D eigenvalue weighted by Gasteiger charge is 2.33. The van der Waals surface area contributed by atoms with Gasteiger partial charge in [0.05, 0.1) is 12.6 Å². The predicted octanol–water partition coefficient (Wildman–Crippen LogP) is 2.91. The summed E-state index contributed by atoms with van der Waals surface area (Å²) in [7, 11) is 0. The lowest BCUT2D eigenvalue weighted by molar-refractivity contribution is 0.0840. The molecule has 2 unspecified atom stereocenters. The number of nitrogens with zero attached hydrogens (tertiary/aromatic N) is 6. The van der Waals surface area contributed by atoms with Gasteiger partial charge in [-0.2, -0.15) is 0 Å². The molecule has 0 aliphatic carbocycles. The SMILES string of the molecule is Cc1ccc2[nH]c(=O)c(C(c3nnnn3CC3CCCO3)N3CCN(Cc4ccccc4)CC3)cc2c1. The fraction of sp³-hybridized carbons (Fsp3) is 0.429. The van der Waals surface area contributed by atoms with Crippen LogP contribution in [0.4, 0.5) is 0 Å². The highest BCUT2D eigenvalue weighted by Crippen LogP contribution is 2.29. The van der Waals surface area contributed by atoms with Gasteiger partial charge in [0.1, 0.15) is 6.04 Å². The molecule has 9 heteroatoms. The van der Waals surface area contributed by atoms with Gasteiger partial charge in [-0.05, 0) is 59.3 Å². The molecule has 0 radical (unpaired) electrons. The van der Waals surface area contributed by atoms with E-state index in [1.165, 1.54) is 5.56 Å². The largest absolute Gasteiger partial charge is 0.376 e. The summed E-state index contributed by atoms with van der Waals surface area (Å²) in [5, 5.41) is 13.9. The third kappa shape index (κ3) is 5.20. The van der Waals surface area contributed by atoms with E-state index in [1.54, 1.807) is 0 Å². The fourth-order valence-corrected chi connectivity index (χ4v) is 5.59. The lowest BCUT2D eigenvalue weighted by Crippen LogP contribution is -2.48. The first-order chi connectivity index (χ1) is 18.1. The number of nitrogens with one attached hydrogen (secondary N) is 1. The molecule has 0 spiro atoms. The second-order valence-corrected chi connectivity index (χ2v) is 10.2. The topological polar surface area (TPSA) is 92.2 Å². The Hall–Kier alpha value is -3.40. The minimum absolute atomic E-state index is 0.0975. The summed E-state index contributed by atoms with van der Waals surface area (Å²) >= 11 is 0. The quantitative estimate of drug-likeness (QED) is 0.418. The van der Waals surface area contributed by atoms with Crippen LogP contribution in [0, 0.1) is 6.92 Å². The van der Waals surface area contributed by atoms with Gasteiger partial charge in [-0.25, -0.2) is 4.68 Å². The highest BCUT2D eigenvalue weighted by atomic mass is 16.5. The van der Waals surface area contributed by atoms with Gasteiger partial charge in [0.25, 0.3) is 5.56 Å². The molecular formula is C28H33N7O2. The van der Waals surface area contributed by atoms with E-state index in [9.17, 15) is 4.79 Å². The van der Waals surface area contributed by atoms with Crippen LogP contribution in [-0.4, -0.2) is 73.9 Å². The third-order valence-electron chi connectivity index (χ3n) is 7.55. The Labute approximate surface area is 216 Å². The number of hydrogen-bond acceptors (Lipinski definition) is 7. The summed E-state index contributed by atoms with van der Waals surface area (Å²) < 4.78 is 7.72. The maximum atomic E-state index is 13.5. The molecule has 192 valence electrons. The molecule has 0 saturated carbocycles. The summed E-state index contributed by atoms with van der Waals surface area (Å²) in [6.45, 7) is 7.80. The third-order valence-corrected chi connectivity index (χ3v) is 7.55. The van der Waals surface area contributed by atoms with Crippen molar-refractivity contribution in [3.8, 4) is 0 Å². The van der Waals surface area contributed by atoms with Gasteiger partial charge in [0.15, 0.2) is 5.82 Å². The van der Waals surface area contributed by atoms with Gasteiger partial charge < -0.3 is 9.72 Å². The van der Waals surface area contributed by atoms with Gasteiger partial charge in [0.2, 0.25) is 0 Å². The van der Waals surface area contributed by atoms with Gasteiger partial charge in [0, 0.05) is 50.4 Å². The van der Waals surface area contributed by atoms with E-state index < -0.39 is 0 Å². The lowest BCUT2D eigenvalue weighted by atomic mass is 10.0. The molecule has 4 heterocycles. The Bertz CT molecular complexity index is 1400. The molecule has 37 heavy (non-hydrogen) atoms. The summed E-state index contributed by atoms with van der Waals surface area (Å²) in [5.41, 5.74) is 3.89. The van der Waals surface area contributed by atoms with Crippen molar-refractivity contribution in [3.05, 3.63) is 87.5 Å². The van der Waals surface area contributed by atoms with Gasteiger partial charge in [-0.3, -0.25) is 14.6 Å². The molecule has 6 rings (SSSR count). The molecule has 0 bridgehead atoms. The van der Waals surface area contributed by atoms with E-state index in [2.05, 4.69) is 73.6 Å². The fourth-order valence-electron chi connectivity index (χ4n) is 5.59. The van der Waals surface area contributed by atoms with E-state index in [-0.39, 0.29) is 17.7 Å². The van der Waals surface area contributed by atoms with Crippen LogP contribution in [0.1, 0.15) is 41.4 Å². The molecule has 9 nitrogen and oxygen atoms in total. The number of rotatable bonds is 7. The Morgan fingerprint density at radius 2 is 1.92 bits per heavy atom. The van der Waals surface area contributed by atoms with E-state index in [1.807, 2.05) is 22.9 Å². The number of piperazine rings is 1. The van der Waals surface area contributed by atoms with Crippen molar-refractivity contribution < 1.29 is 4.74 Å². The van der Waals surface area contributed by atoms with E-state index in [4.69, 9.17) is 4.74 Å². The predicted molar refractivity (Wildman–Crippen MR) is 141 cm³/mol. The minimum atomic E-state index is -0.344. The molecule has 1 N–H and O–H groups in total. The van der Waals surface area contributed by atoms with Crippen molar-refractivity contribution in [1.29, 1.82) is 0 Å². The Balaban J connectivity index is 1.33. The lowest BCUT2D eigenvalue weighted by Gasteiger charge is -2.38. The monoisotopic (exact) mass is 499 g/mol. The molecule has 2 aromatic heterocycles. The molecule has 2 atom stereocenters. The summed E-state index contributed by atoms with van der Waals surface area (Å²) in [6, 6.07) is 18.3. The standard InChI is InChI=1S/C28H33N7O2/c1-20-9-10-25-22(16-20)17-24(28(36)29-25)26(27-30-31-32-35(27)19-23-8-5-15-37-23)34-13-11-33(12-14-34)18-21-6-3-2-4-7-21/h2-4,6-7,9-10,16-17,23,26H,5,8,11-15,18-19H2,1H3,(H,29,36). The molecule has 2 aromatic carbocycles. The molecule has 2 aliphatic heterocycles. The number of tetrazole rings is 1. The number of hydrogen-bond donors (Lipinski definition) is 1. The second kappa shape index (κ2) is 10.5. The second-order valence-electron chi connectivity index (χ2n) is 10.2. The number of benzene rings is 2. The number of aromatic amines is 1. The van der Waals surface area contributed by atoms with Crippen molar-refractivity contribution in [2.75, 3.05) is 32.8 Å². The van der Waals surface area contributed by atoms with Crippen molar-refractivity contribution in [3.63, 3.8) is 0 Å². The smallest absolute Gasteiger partial charge is 0.253 e. The van der Waals surface area contributed by atoms with Crippen LogP contribution in [0.3, 0.4) is 0 Å². The first kappa shape index (κ1) is 24.0. The van der Waals surface area contributed by atoms with Crippen LogP contribution in [0.15, 0.2) is 59.4 Å². The minimum Gasteiger partial charge on any atom is -0.376 e. The Kier molecular flexibility index (Phi) is 6.82. The zero-order valence-electron chi connectivity index (χ0n) is 21.2. The van der Waals surface area contributed by atoms with Crippen LogP contribution in [0.25, 0.3) is 10.9 Å². The van der Waals surface area contributed by atoms with Gasteiger partial charge in [-0.1, -0.05) is 42.0 Å². The molecule has 2 saturated heterocycles. The molecular weight excluding hydrogens is 466 g/mol. The highest BCUT2D eigenvalue weighted by molar-refractivity contribution is 5.79. The zero-order chi connectivity index (χ0) is 25.2. The number of pyridine rings is 1. The molecule has 0 amide bonds. The van der Waals surface area contributed by atoms with Crippen molar-refractivity contribution in [2.45, 2.75) is 45.0 Å². The van der Waals surface area contributed by atoms with Gasteiger partial charge in [-0.15, -0.1) is 5.10 Å². The zero-order valence-corrected chi connectivity index (χ0v) is 21.2. The average molecular weight is 500 g/mol. The van der Waals surface area contributed by atoms with Crippen LogP contribution in [-0.2, 0) is 17.8 Å². The molecule has 2 fully saturated rings. The first-order valence-corrected chi connectivity index (χ1v) is 13.2. The first-order valence-electron chi connectivity index (χ1n) is 13.2. The number of ether oxygens (including phenoxy) is 1. The van der Waals surface area contributed by atoms with Crippen molar-refractivity contribution in [2.24, 2.45) is 0 Å². The van der Waals surface area contributed by atoms with E-state index in [0.717, 1.165) is 68.6 Å². The van der Waals surface area contributed by atoms with Crippen LogP contribution >= 0.6 is 0 Å². The summed E-state index contributed by atoms with van der Waals surface area (Å²) in [6.07, 6.45) is 2.15. The Morgan fingerprint density at radius 1 is 1.08 bits per heavy atom.